The van der Waals surface area contributed by atoms with Crippen molar-refractivity contribution in [3.8, 4) is 0 Å². The number of hydrogen-bond acceptors (Lipinski definition) is 5. The Morgan fingerprint density at radius 1 is 1.33 bits per heavy atom. The van der Waals surface area contributed by atoms with E-state index in [4.69, 9.17) is 4.74 Å². The molecule has 27 heavy (non-hydrogen) atoms. The highest BCUT2D eigenvalue weighted by Gasteiger charge is 2.20. The zero-order chi connectivity index (χ0) is 19.4. The standard InChI is InChI=1S/C18H37N5O2S.HI/c1-15(2)25-12-11-23-9-6-16(7-10-23)21-18(19-8-13-26-5)20-14-17(24)22(3)4;/h15-16H,6-14H2,1-5H3,(H2,19,20,21);1H. The van der Waals surface area contributed by atoms with E-state index in [9.17, 15) is 4.79 Å². The average Bonchev–Trinajstić information content (AvgIpc) is 2.60. The predicted molar refractivity (Wildman–Crippen MR) is 126 cm³/mol. The second-order valence-corrected chi connectivity index (χ2v) is 8.04. The summed E-state index contributed by atoms with van der Waals surface area (Å²) >= 11 is 1.79. The van der Waals surface area contributed by atoms with Crippen LogP contribution in [0.15, 0.2) is 4.99 Å². The molecule has 1 fully saturated rings. The Labute approximate surface area is 186 Å². The molecule has 0 unspecified atom stereocenters. The van der Waals surface area contributed by atoms with Gasteiger partial charge in [0, 0.05) is 52.1 Å². The maximum atomic E-state index is 11.8. The van der Waals surface area contributed by atoms with Gasteiger partial charge < -0.3 is 25.2 Å². The Hall–Kier alpha value is -0.260. The first kappa shape index (κ1) is 26.7. The number of carbonyl (C=O) groups is 1. The van der Waals surface area contributed by atoms with Crippen molar-refractivity contribution in [2.75, 3.05) is 65.4 Å². The fraction of sp³-hybridized carbons (Fsp3) is 0.889. The molecule has 0 aromatic heterocycles. The zero-order valence-electron chi connectivity index (χ0n) is 17.5. The second-order valence-electron chi connectivity index (χ2n) is 7.05. The van der Waals surface area contributed by atoms with Gasteiger partial charge in [-0.05, 0) is 32.9 Å². The zero-order valence-corrected chi connectivity index (χ0v) is 20.6. The largest absolute Gasteiger partial charge is 0.377 e. The number of piperidine rings is 1. The normalized spacial score (nSPS) is 16.1. The van der Waals surface area contributed by atoms with Crippen molar-refractivity contribution in [1.82, 2.24) is 20.4 Å². The van der Waals surface area contributed by atoms with Crippen molar-refractivity contribution in [3.05, 3.63) is 0 Å². The predicted octanol–water partition coefficient (Wildman–Crippen LogP) is 1.48. The molecule has 1 amide bonds. The van der Waals surface area contributed by atoms with E-state index in [1.807, 2.05) is 0 Å². The van der Waals surface area contributed by atoms with Crippen LogP contribution in [0, 0.1) is 0 Å². The molecule has 0 spiro atoms. The molecule has 9 heteroatoms. The fourth-order valence-electron chi connectivity index (χ4n) is 2.62. The number of amides is 1. The van der Waals surface area contributed by atoms with Crippen LogP contribution in [-0.2, 0) is 9.53 Å². The van der Waals surface area contributed by atoms with Crippen molar-refractivity contribution in [2.45, 2.75) is 38.8 Å². The van der Waals surface area contributed by atoms with Gasteiger partial charge in [0.1, 0.15) is 6.54 Å². The van der Waals surface area contributed by atoms with Gasteiger partial charge in [0.15, 0.2) is 5.96 Å². The summed E-state index contributed by atoms with van der Waals surface area (Å²) in [7, 11) is 3.51. The first-order chi connectivity index (χ1) is 12.4. The molecule has 2 N–H and O–H groups in total. The van der Waals surface area contributed by atoms with Crippen molar-refractivity contribution in [1.29, 1.82) is 0 Å². The molecule has 0 radical (unpaired) electrons. The van der Waals surface area contributed by atoms with E-state index in [2.05, 4.69) is 40.6 Å². The lowest BCUT2D eigenvalue weighted by Crippen LogP contribution is -2.49. The van der Waals surface area contributed by atoms with Crippen LogP contribution in [0.25, 0.3) is 0 Å². The van der Waals surface area contributed by atoms with Crippen LogP contribution in [0.5, 0.6) is 0 Å². The van der Waals surface area contributed by atoms with Gasteiger partial charge in [-0.25, -0.2) is 4.99 Å². The van der Waals surface area contributed by atoms with Crippen LogP contribution >= 0.6 is 35.7 Å². The van der Waals surface area contributed by atoms with Crippen LogP contribution in [0.4, 0.5) is 0 Å². The molecule has 1 saturated heterocycles. The quantitative estimate of drug-likeness (QED) is 0.199. The third-order valence-electron chi connectivity index (χ3n) is 4.26. The number of nitrogens with zero attached hydrogens (tertiary/aromatic N) is 3. The molecule has 1 aliphatic rings. The summed E-state index contributed by atoms with van der Waals surface area (Å²) in [6.45, 7) is 9.08. The molecule has 1 rings (SSSR count). The molecule has 7 nitrogen and oxygen atoms in total. The van der Waals surface area contributed by atoms with Crippen LogP contribution in [0.3, 0.4) is 0 Å². The van der Waals surface area contributed by atoms with E-state index < -0.39 is 0 Å². The second kappa shape index (κ2) is 15.6. The molecule has 1 heterocycles. The van der Waals surface area contributed by atoms with Crippen molar-refractivity contribution in [3.63, 3.8) is 0 Å². The van der Waals surface area contributed by atoms with Crippen molar-refractivity contribution >= 4 is 47.6 Å². The number of likely N-dealkylation sites (N-methyl/N-ethyl adjacent to an activating group) is 1. The highest BCUT2D eigenvalue weighted by atomic mass is 127. The van der Waals surface area contributed by atoms with E-state index in [0.29, 0.717) is 12.1 Å². The number of aliphatic imine (C=N–C) groups is 1. The van der Waals surface area contributed by atoms with Crippen LogP contribution < -0.4 is 10.6 Å². The Balaban J connectivity index is 0.00000676. The van der Waals surface area contributed by atoms with Gasteiger partial charge in [0.25, 0.3) is 0 Å². The van der Waals surface area contributed by atoms with E-state index in [-0.39, 0.29) is 36.4 Å². The van der Waals surface area contributed by atoms with E-state index >= 15 is 0 Å². The Bertz CT molecular complexity index is 430. The highest BCUT2D eigenvalue weighted by Crippen LogP contribution is 2.10. The lowest BCUT2D eigenvalue weighted by atomic mass is 10.1. The van der Waals surface area contributed by atoms with Crippen LogP contribution in [0.1, 0.15) is 26.7 Å². The molecular formula is C18H38IN5O2S. The highest BCUT2D eigenvalue weighted by molar-refractivity contribution is 14.0. The fourth-order valence-corrected chi connectivity index (χ4v) is 2.93. The van der Waals surface area contributed by atoms with Crippen LogP contribution in [-0.4, -0.2) is 99.2 Å². The smallest absolute Gasteiger partial charge is 0.243 e. The third-order valence-corrected chi connectivity index (χ3v) is 4.87. The molecule has 0 aromatic rings. The number of ether oxygens (including phenoxy) is 1. The first-order valence-corrected chi connectivity index (χ1v) is 10.9. The lowest BCUT2D eigenvalue weighted by Gasteiger charge is -2.33. The summed E-state index contributed by atoms with van der Waals surface area (Å²) in [6, 6.07) is 0.396. The van der Waals surface area contributed by atoms with Gasteiger partial charge in [0.05, 0.1) is 12.7 Å². The minimum absolute atomic E-state index is 0. The van der Waals surface area contributed by atoms with Gasteiger partial charge in [-0.2, -0.15) is 11.8 Å². The number of rotatable bonds is 10. The van der Waals surface area contributed by atoms with E-state index in [0.717, 1.165) is 57.3 Å². The van der Waals surface area contributed by atoms with Gasteiger partial charge in [-0.15, -0.1) is 24.0 Å². The summed E-state index contributed by atoms with van der Waals surface area (Å²) in [5.41, 5.74) is 0. The monoisotopic (exact) mass is 515 g/mol. The molecule has 160 valence electrons. The van der Waals surface area contributed by atoms with Gasteiger partial charge in [0.2, 0.25) is 5.91 Å². The summed E-state index contributed by atoms with van der Waals surface area (Å²) in [4.78, 5) is 20.3. The minimum Gasteiger partial charge on any atom is -0.377 e. The van der Waals surface area contributed by atoms with E-state index in [1.165, 1.54) is 0 Å². The number of carbonyl (C=O) groups excluding carboxylic acids is 1. The minimum atomic E-state index is 0. The molecule has 0 bridgehead atoms. The maximum absolute atomic E-state index is 11.8. The first-order valence-electron chi connectivity index (χ1n) is 9.50. The molecule has 0 aliphatic carbocycles. The number of hydrogen-bond donors (Lipinski definition) is 2. The Morgan fingerprint density at radius 2 is 2.00 bits per heavy atom. The van der Waals surface area contributed by atoms with E-state index in [1.54, 1.807) is 30.8 Å². The summed E-state index contributed by atoms with van der Waals surface area (Å²) < 4.78 is 5.64. The molecular weight excluding hydrogens is 477 g/mol. The summed E-state index contributed by atoms with van der Waals surface area (Å²) in [6.07, 6.45) is 4.53. The molecule has 0 aromatic carbocycles. The number of likely N-dealkylation sites (tertiary alicyclic amines) is 1. The number of halogens is 1. The average molecular weight is 516 g/mol. The lowest BCUT2D eigenvalue weighted by molar-refractivity contribution is -0.127. The van der Waals surface area contributed by atoms with Gasteiger partial charge in [-0.1, -0.05) is 0 Å². The van der Waals surface area contributed by atoms with Crippen molar-refractivity contribution < 1.29 is 9.53 Å². The SMILES string of the molecule is CSCCNC(=NCC(=O)N(C)C)NC1CCN(CCOC(C)C)CC1.I. The van der Waals surface area contributed by atoms with Crippen molar-refractivity contribution in [2.24, 2.45) is 4.99 Å². The number of guanidine groups is 1. The number of nitrogens with one attached hydrogen (secondary N) is 2. The van der Waals surface area contributed by atoms with Crippen LogP contribution in [0.2, 0.25) is 0 Å². The molecule has 1 aliphatic heterocycles. The molecule has 0 saturated carbocycles. The summed E-state index contributed by atoms with van der Waals surface area (Å²) in [5.74, 6) is 1.77. The Morgan fingerprint density at radius 3 is 2.56 bits per heavy atom. The maximum Gasteiger partial charge on any atom is 0.243 e. The topological polar surface area (TPSA) is 69.2 Å². The van der Waals surface area contributed by atoms with Gasteiger partial charge in [-0.3, -0.25) is 4.79 Å². The Kier molecular flexibility index (Phi) is 15.5. The summed E-state index contributed by atoms with van der Waals surface area (Å²) in [5, 5.41) is 6.84. The number of thioether (sulfide) groups is 1. The third kappa shape index (κ3) is 12.7. The van der Waals surface area contributed by atoms with Gasteiger partial charge >= 0.3 is 0 Å². The molecule has 0 atom stereocenters.